The first-order chi connectivity index (χ1) is 9.66. The molecule has 0 fully saturated rings. The quantitative estimate of drug-likeness (QED) is 0.779. The van der Waals surface area contributed by atoms with Crippen LogP contribution in [0, 0.1) is 23.7 Å². The first-order valence-corrected chi connectivity index (χ1v) is 8.67. The Bertz CT molecular complexity index is 717. The summed E-state index contributed by atoms with van der Waals surface area (Å²) in [7, 11) is -3.66. The third-order valence-electron chi connectivity index (χ3n) is 3.37. The molecule has 1 aliphatic rings. The van der Waals surface area contributed by atoms with E-state index in [9.17, 15) is 8.42 Å². The Hall–Kier alpha value is -1.22. The standard InChI is InChI=1S/C15H19ClN2O2S/c1-10(2)7-8-15(11(3)4)13-9-12(16)5-6-14(13)17-21(19,20)18-15/h5-6,9-11,17-18H,1-4H3. The maximum atomic E-state index is 12.1. The Kier molecular flexibility index (Phi) is 4.25. The Labute approximate surface area is 131 Å². The van der Waals surface area contributed by atoms with E-state index >= 15 is 0 Å². The van der Waals surface area contributed by atoms with Gasteiger partial charge in [-0.25, -0.2) is 0 Å². The predicted molar refractivity (Wildman–Crippen MR) is 86.3 cm³/mol. The molecule has 2 N–H and O–H groups in total. The number of fused-ring (bicyclic) bond motifs is 1. The van der Waals surface area contributed by atoms with Gasteiger partial charge >= 0.3 is 10.2 Å². The minimum Gasteiger partial charge on any atom is -0.271 e. The van der Waals surface area contributed by atoms with Gasteiger partial charge in [0.25, 0.3) is 0 Å². The first-order valence-electron chi connectivity index (χ1n) is 6.81. The molecule has 0 bridgehead atoms. The van der Waals surface area contributed by atoms with Gasteiger partial charge in [0.05, 0.1) is 5.69 Å². The lowest BCUT2D eigenvalue weighted by atomic mass is 9.80. The van der Waals surface area contributed by atoms with Gasteiger partial charge in [0.15, 0.2) is 0 Å². The summed E-state index contributed by atoms with van der Waals surface area (Å²) < 4.78 is 29.4. The van der Waals surface area contributed by atoms with Crippen molar-refractivity contribution in [3.05, 3.63) is 28.8 Å². The molecule has 0 saturated carbocycles. The van der Waals surface area contributed by atoms with Crippen molar-refractivity contribution in [2.24, 2.45) is 11.8 Å². The summed E-state index contributed by atoms with van der Waals surface area (Å²) in [5, 5.41) is 0.549. The van der Waals surface area contributed by atoms with Crippen LogP contribution >= 0.6 is 11.6 Å². The van der Waals surface area contributed by atoms with E-state index < -0.39 is 15.7 Å². The van der Waals surface area contributed by atoms with Crippen LogP contribution in [0.5, 0.6) is 0 Å². The Morgan fingerprint density at radius 1 is 1.24 bits per heavy atom. The molecule has 4 nitrogen and oxygen atoms in total. The highest BCUT2D eigenvalue weighted by Gasteiger charge is 2.43. The zero-order valence-electron chi connectivity index (χ0n) is 12.5. The average molecular weight is 327 g/mol. The molecule has 0 aliphatic carbocycles. The van der Waals surface area contributed by atoms with Crippen molar-refractivity contribution in [1.82, 2.24) is 4.72 Å². The Balaban J connectivity index is 2.75. The lowest BCUT2D eigenvalue weighted by Crippen LogP contribution is -2.54. The van der Waals surface area contributed by atoms with Gasteiger partial charge in [-0.05, 0) is 24.1 Å². The molecule has 2 rings (SSSR count). The van der Waals surface area contributed by atoms with Gasteiger partial charge in [0.1, 0.15) is 5.54 Å². The van der Waals surface area contributed by atoms with Gasteiger partial charge < -0.3 is 0 Å². The number of benzene rings is 1. The van der Waals surface area contributed by atoms with Crippen LogP contribution in [-0.4, -0.2) is 8.42 Å². The fourth-order valence-electron chi connectivity index (χ4n) is 2.29. The smallest absolute Gasteiger partial charge is 0.271 e. The number of rotatable bonds is 1. The second-order valence-electron chi connectivity index (χ2n) is 5.78. The summed E-state index contributed by atoms with van der Waals surface area (Å²) in [5.74, 6) is 6.31. The van der Waals surface area contributed by atoms with Gasteiger partial charge in [0.2, 0.25) is 0 Å². The molecule has 1 heterocycles. The van der Waals surface area contributed by atoms with E-state index in [-0.39, 0.29) is 11.8 Å². The zero-order chi connectivity index (χ0) is 15.8. The molecule has 0 spiro atoms. The predicted octanol–water partition coefficient (Wildman–Crippen LogP) is 3.11. The number of anilines is 1. The zero-order valence-corrected chi connectivity index (χ0v) is 14.1. The lowest BCUT2D eigenvalue weighted by Gasteiger charge is -2.39. The van der Waals surface area contributed by atoms with Crippen LogP contribution in [0.25, 0.3) is 0 Å². The highest BCUT2D eigenvalue weighted by Crippen LogP contribution is 2.39. The Morgan fingerprint density at radius 2 is 1.90 bits per heavy atom. The lowest BCUT2D eigenvalue weighted by molar-refractivity contribution is 0.370. The number of hydrogen-bond acceptors (Lipinski definition) is 2. The summed E-state index contributed by atoms with van der Waals surface area (Å²) in [6.07, 6.45) is 0. The van der Waals surface area contributed by atoms with Crippen molar-refractivity contribution in [2.75, 3.05) is 4.72 Å². The molecule has 1 aromatic rings. The molecule has 114 valence electrons. The van der Waals surface area contributed by atoms with Gasteiger partial charge in [-0.15, -0.1) is 0 Å². The molecular formula is C15H19ClN2O2S. The third-order valence-corrected chi connectivity index (χ3v) is 4.68. The van der Waals surface area contributed by atoms with Gasteiger partial charge in [-0.1, -0.05) is 51.1 Å². The fourth-order valence-corrected chi connectivity index (χ4v) is 3.80. The van der Waals surface area contributed by atoms with E-state index in [1.54, 1.807) is 18.2 Å². The molecule has 0 radical (unpaired) electrons. The van der Waals surface area contributed by atoms with Crippen LogP contribution in [0.15, 0.2) is 18.2 Å². The van der Waals surface area contributed by atoms with E-state index in [0.717, 1.165) is 5.56 Å². The van der Waals surface area contributed by atoms with Crippen molar-refractivity contribution >= 4 is 27.5 Å². The molecular weight excluding hydrogens is 308 g/mol. The molecule has 1 unspecified atom stereocenters. The second-order valence-corrected chi connectivity index (χ2v) is 7.64. The monoisotopic (exact) mass is 326 g/mol. The van der Waals surface area contributed by atoms with Crippen LogP contribution in [0.1, 0.15) is 33.3 Å². The molecule has 0 aromatic heterocycles. The largest absolute Gasteiger partial charge is 0.300 e. The summed E-state index contributed by atoms with van der Waals surface area (Å²) in [6.45, 7) is 7.81. The van der Waals surface area contributed by atoms with E-state index in [1.165, 1.54) is 0 Å². The first kappa shape index (κ1) is 16.2. The average Bonchev–Trinajstić information content (AvgIpc) is 2.35. The van der Waals surface area contributed by atoms with Crippen LogP contribution in [0.3, 0.4) is 0 Å². The van der Waals surface area contributed by atoms with Crippen LogP contribution < -0.4 is 9.44 Å². The summed E-state index contributed by atoms with van der Waals surface area (Å²) in [4.78, 5) is 0. The summed E-state index contributed by atoms with van der Waals surface area (Å²) in [6, 6.07) is 5.10. The Morgan fingerprint density at radius 3 is 2.48 bits per heavy atom. The molecule has 6 heteroatoms. The van der Waals surface area contributed by atoms with E-state index in [4.69, 9.17) is 11.6 Å². The highest BCUT2D eigenvalue weighted by atomic mass is 35.5. The van der Waals surface area contributed by atoms with Gasteiger partial charge in [-0.3, -0.25) is 4.72 Å². The number of hydrogen-bond donors (Lipinski definition) is 2. The van der Waals surface area contributed by atoms with E-state index in [1.807, 2.05) is 27.7 Å². The third kappa shape index (κ3) is 3.18. The molecule has 21 heavy (non-hydrogen) atoms. The maximum absolute atomic E-state index is 12.1. The van der Waals surface area contributed by atoms with Crippen molar-refractivity contribution in [2.45, 2.75) is 33.2 Å². The molecule has 1 aromatic carbocycles. The van der Waals surface area contributed by atoms with Gasteiger partial charge in [-0.2, -0.15) is 13.1 Å². The molecule has 0 amide bonds. The van der Waals surface area contributed by atoms with E-state index in [0.29, 0.717) is 10.7 Å². The number of nitrogens with one attached hydrogen (secondary N) is 2. The van der Waals surface area contributed by atoms with Crippen LogP contribution in [-0.2, 0) is 15.7 Å². The molecule has 1 atom stereocenters. The minimum atomic E-state index is -3.66. The van der Waals surface area contributed by atoms with E-state index in [2.05, 4.69) is 21.3 Å². The minimum absolute atomic E-state index is 0.0576. The van der Waals surface area contributed by atoms with Crippen LogP contribution in [0.4, 0.5) is 5.69 Å². The second kappa shape index (κ2) is 5.53. The SMILES string of the molecule is CC(C)C#CC1(C(C)C)NS(=O)(=O)Nc2ccc(Cl)cc21. The summed E-state index contributed by atoms with van der Waals surface area (Å²) in [5.41, 5.74) is 0.298. The normalized spacial score (nSPS) is 23.2. The highest BCUT2D eigenvalue weighted by molar-refractivity contribution is 7.90. The van der Waals surface area contributed by atoms with Crippen molar-refractivity contribution in [3.8, 4) is 11.8 Å². The van der Waals surface area contributed by atoms with Crippen molar-refractivity contribution in [3.63, 3.8) is 0 Å². The molecule has 1 aliphatic heterocycles. The van der Waals surface area contributed by atoms with Crippen molar-refractivity contribution in [1.29, 1.82) is 0 Å². The fraction of sp³-hybridized carbons (Fsp3) is 0.467. The maximum Gasteiger partial charge on any atom is 0.300 e. The van der Waals surface area contributed by atoms with Crippen LogP contribution in [0.2, 0.25) is 5.02 Å². The van der Waals surface area contributed by atoms with Gasteiger partial charge in [0, 0.05) is 16.5 Å². The number of halogens is 1. The topological polar surface area (TPSA) is 58.2 Å². The summed E-state index contributed by atoms with van der Waals surface area (Å²) >= 11 is 6.09. The molecule has 0 saturated heterocycles. The van der Waals surface area contributed by atoms with Crippen molar-refractivity contribution < 1.29 is 8.42 Å².